The van der Waals surface area contributed by atoms with Crippen LogP contribution < -0.4 is 5.32 Å². The summed E-state index contributed by atoms with van der Waals surface area (Å²) in [6, 6.07) is 1.92. The highest BCUT2D eigenvalue weighted by Gasteiger charge is 2.27. The average molecular weight is 408 g/mol. The summed E-state index contributed by atoms with van der Waals surface area (Å²) >= 11 is 0.993. The Labute approximate surface area is 161 Å². The number of hydrogen-bond donors (Lipinski definition) is 4. The largest absolute Gasteiger partial charge is 0.356 e. The van der Waals surface area contributed by atoms with Crippen LogP contribution in [0.3, 0.4) is 0 Å². The van der Waals surface area contributed by atoms with Crippen LogP contribution in [0.4, 0.5) is 13.2 Å². The molecular formula is C18H15F3N4O2S. The fourth-order valence-corrected chi connectivity index (χ4v) is 3.23. The number of halogens is 3. The minimum atomic E-state index is -1.33. The number of aromatic nitrogens is 1. The van der Waals surface area contributed by atoms with Crippen LogP contribution >= 0.6 is 11.8 Å². The highest BCUT2D eigenvalue weighted by molar-refractivity contribution is 8.26. The van der Waals surface area contributed by atoms with E-state index in [4.69, 9.17) is 10.8 Å². The van der Waals surface area contributed by atoms with E-state index < -0.39 is 34.7 Å². The highest BCUT2D eigenvalue weighted by Crippen LogP contribution is 2.34. The third-order valence-electron chi connectivity index (χ3n) is 4.01. The van der Waals surface area contributed by atoms with Gasteiger partial charge in [0.15, 0.2) is 5.78 Å². The Morgan fingerprint density at radius 3 is 2.39 bits per heavy atom. The molecule has 1 fully saturated rings. The zero-order valence-corrected chi connectivity index (χ0v) is 15.2. The van der Waals surface area contributed by atoms with Gasteiger partial charge in [0.25, 0.3) is 5.91 Å². The van der Waals surface area contributed by atoms with E-state index in [1.165, 1.54) is 0 Å². The van der Waals surface area contributed by atoms with Crippen LogP contribution in [0.5, 0.6) is 0 Å². The molecule has 28 heavy (non-hydrogen) atoms. The first-order valence-corrected chi connectivity index (χ1v) is 9.07. The number of nitrogens with one attached hydrogen (secondary N) is 4. The molecule has 0 spiro atoms. The maximum absolute atomic E-state index is 13.8. The Hall–Kier alpha value is -2.88. The summed E-state index contributed by atoms with van der Waals surface area (Å²) < 4.78 is 40.5. The van der Waals surface area contributed by atoms with Crippen LogP contribution in [0, 0.1) is 34.2 Å². The maximum atomic E-state index is 13.8. The molecule has 0 atom stereocenters. The van der Waals surface area contributed by atoms with E-state index in [1.54, 1.807) is 0 Å². The monoisotopic (exact) mass is 408 g/mol. The molecule has 1 aliphatic rings. The average Bonchev–Trinajstić information content (AvgIpc) is 3.35. The summed E-state index contributed by atoms with van der Waals surface area (Å²) in [6.07, 6.45) is 3.00. The van der Waals surface area contributed by atoms with Crippen molar-refractivity contribution < 1.29 is 22.8 Å². The molecule has 4 N–H and O–H groups in total. The van der Waals surface area contributed by atoms with Crippen molar-refractivity contribution in [2.45, 2.75) is 12.8 Å². The van der Waals surface area contributed by atoms with Crippen molar-refractivity contribution in [1.29, 1.82) is 10.8 Å². The lowest BCUT2D eigenvalue weighted by Crippen LogP contribution is -2.28. The number of hydrogen-bond acceptors (Lipinski definition) is 5. The van der Waals surface area contributed by atoms with E-state index in [0.29, 0.717) is 17.2 Å². The molecule has 0 unspecified atom stereocenters. The standard InChI is InChI=1S/C18H15F3N4O2S/c19-10-4-11(20)15(12(21)5-10)16(26)9-3-13(24-6-9)18(27)25-7-14(22)28-17(23)8-1-2-8/h3-6,8,22-24H,1-2,7H2,(H,25,27). The van der Waals surface area contributed by atoms with Gasteiger partial charge in [0, 0.05) is 29.8 Å². The van der Waals surface area contributed by atoms with Gasteiger partial charge in [-0.3, -0.25) is 20.4 Å². The quantitative estimate of drug-likeness (QED) is 0.334. The summed E-state index contributed by atoms with van der Waals surface area (Å²) in [6.45, 7) is -0.0951. The molecule has 3 rings (SSSR count). The van der Waals surface area contributed by atoms with Gasteiger partial charge in [-0.1, -0.05) is 11.8 Å². The minimum Gasteiger partial charge on any atom is -0.356 e. The number of carbonyl (C=O) groups is 2. The van der Waals surface area contributed by atoms with E-state index in [-0.39, 0.29) is 28.8 Å². The van der Waals surface area contributed by atoms with Gasteiger partial charge < -0.3 is 10.3 Å². The number of thioether (sulfide) groups is 1. The molecule has 6 nitrogen and oxygen atoms in total. The first-order valence-electron chi connectivity index (χ1n) is 8.26. The molecular weight excluding hydrogens is 393 g/mol. The fraction of sp³-hybridized carbons (Fsp3) is 0.222. The Bertz CT molecular complexity index is 962. The molecule has 1 saturated carbocycles. The van der Waals surface area contributed by atoms with Gasteiger partial charge >= 0.3 is 0 Å². The van der Waals surface area contributed by atoms with E-state index in [2.05, 4.69) is 10.3 Å². The molecule has 0 radical (unpaired) electrons. The second kappa shape index (κ2) is 8.01. The molecule has 1 aromatic heterocycles. The van der Waals surface area contributed by atoms with Crippen LogP contribution in [0.2, 0.25) is 0 Å². The Morgan fingerprint density at radius 1 is 1.14 bits per heavy atom. The molecule has 0 saturated heterocycles. The Morgan fingerprint density at radius 2 is 1.79 bits per heavy atom. The molecule has 10 heteroatoms. The molecule has 1 amide bonds. The normalized spacial score (nSPS) is 13.2. The van der Waals surface area contributed by atoms with Crippen LogP contribution in [-0.2, 0) is 0 Å². The van der Waals surface area contributed by atoms with E-state index >= 15 is 0 Å². The zero-order valence-electron chi connectivity index (χ0n) is 14.4. The second-order valence-corrected chi connectivity index (χ2v) is 7.36. The summed E-state index contributed by atoms with van der Waals surface area (Å²) in [5.41, 5.74) is -1.13. The number of rotatable bonds is 6. The minimum absolute atomic E-state index is 0.0404. The lowest BCUT2D eigenvalue weighted by Gasteiger charge is -2.05. The number of amides is 1. The SMILES string of the molecule is N=C(CNC(=O)c1cc(C(=O)c2c(F)cc(F)cc2F)c[nH]1)SC(=N)C1CC1. The number of carbonyl (C=O) groups excluding carboxylic acids is 2. The lowest BCUT2D eigenvalue weighted by molar-refractivity contribution is 0.0955. The topological polar surface area (TPSA) is 110 Å². The van der Waals surface area contributed by atoms with Gasteiger partial charge in [-0.15, -0.1) is 0 Å². The summed E-state index contributed by atoms with van der Waals surface area (Å²) in [4.78, 5) is 26.9. The van der Waals surface area contributed by atoms with E-state index in [0.717, 1.165) is 36.9 Å². The molecule has 146 valence electrons. The van der Waals surface area contributed by atoms with Crippen LogP contribution in [0.1, 0.15) is 39.3 Å². The Balaban J connectivity index is 1.63. The summed E-state index contributed by atoms with van der Waals surface area (Å²) in [7, 11) is 0. The number of ketones is 1. The van der Waals surface area contributed by atoms with Crippen molar-refractivity contribution in [3.05, 3.63) is 58.7 Å². The van der Waals surface area contributed by atoms with Crippen LogP contribution in [-0.4, -0.2) is 33.3 Å². The smallest absolute Gasteiger partial charge is 0.268 e. The van der Waals surface area contributed by atoms with Gasteiger partial charge in [-0.2, -0.15) is 0 Å². The molecule has 0 aliphatic heterocycles. The number of aromatic amines is 1. The fourth-order valence-electron chi connectivity index (χ4n) is 2.41. The predicted molar refractivity (Wildman–Crippen MR) is 98.6 cm³/mol. The van der Waals surface area contributed by atoms with Gasteiger partial charge in [0.05, 0.1) is 22.2 Å². The van der Waals surface area contributed by atoms with Crippen LogP contribution in [0.25, 0.3) is 0 Å². The summed E-state index contributed by atoms with van der Waals surface area (Å²) in [5, 5.41) is 18.5. The molecule has 2 aromatic rings. The Kier molecular flexibility index (Phi) is 5.68. The number of H-pyrrole nitrogens is 1. The van der Waals surface area contributed by atoms with Gasteiger partial charge in [0.2, 0.25) is 0 Å². The third kappa shape index (κ3) is 4.50. The molecule has 1 aromatic carbocycles. The summed E-state index contributed by atoms with van der Waals surface area (Å²) in [5.74, 6) is -5.26. The van der Waals surface area contributed by atoms with E-state index in [1.807, 2.05) is 0 Å². The lowest BCUT2D eigenvalue weighted by atomic mass is 10.0. The van der Waals surface area contributed by atoms with E-state index in [9.17, 15) is 22.8 Å². The zero-order chi connectivity index (χ0) is 20.4. The maximum Gasteiger partial charge on any atom is 0.268 e. The first-order chi connectivity index (χ1) is 13.3. The van der Waals surface area contributed by atoms with Crippen LogP contribution in [0.15, 0.2) is 24.4 Å². The first kappa shape index (κ1) is 19.9. The van der Waals surface area contributed by atoms with Crippen molar-refractivity contribution in [3.63, 3.8) is 0 Å². The van der Waals surface area contributed by atoms with Crippen molar-refractivity contribution >= 4 is 33.5 Å². The molecule has 1 heterocycles. The van der Waals surface area contributed by atoms with Crippen molar-refractivity contribution in [3.8, 4) is 0 Å². The van der Waals surface area contributed by atoms with Gasteiger partial charge in [-0.05, 0) is 18.9 Å². The number of benzene rings is 1. The van der Waals surface area contributed by atoms with Crippen molar-refractivity contribution in [1.82, 2.24) is 10.3 Å². The second-order valence-electron chi connectivity index (χ2n) is 6.22. The van der Waals surface area contributed by atoms with Gasteiger partial charge in [-0.25, -0.2) is 13.2 Å². The highest BCUT2D eigenvalue weighted by atomic mass is 32.2. The predicted octanol–water partition coefficient (Wildman–Crippen LogP) is 3.49. The molecule has 1 aliphatic carbocycles. The van der Waals surface area contributed by atoms with Crippen molar-refractivity contribution in [2.75, 3.05) is 6.54 Å². The van der Waals surface area contributed by atoms with Crippen molar-refractivity contribution in [2.24, 2.45) is 5.92 Å². The molecule has 0 bridgehead atoms. The van der Waals surface area contributed by atoms with Gasteiger partial charge in [0.1, 0.15) is 23.1 Å². The third-order valence-corrected chi connectivity index (χ3v) is 4.96.